The Morgan fingerprint density at radius 3 is 2.25 bits per heavy atom. The van der Waals surface area contributed by atoms with E-state index in [4.69, 9.17) is 11.6 Å². The fourth-order valence-electron chi connectivity index (χ4n) is 4.89. The molecule has 1 saturated carbocycles. The summed E-state index contributed by atoms with van der Waals surface area (Å²) in [4.78, 5) is 29.4. The molecular formula is C31H35ClN2O2. The van der Waals surface area contributed by atoms with Crippen molar-refractivity contribution >= 4 is 23.4 Å². The zero-order valence-corrected chi connectivity index (χ0v) is 21.7. The molecule has 0 aliphatic heterocycles. The third-order valence-corrected chi connectivity index (χ3v) is 7.37. The van der Waals surface area contributed by atoms with Crippen molar-refractivity contribution in [1.82, 2.24) is 10.2 Å². The highest BCUT2D eigenvalue weighted by molar-refractivity contribution is 6.31. The smallest absolute Gasteiger partial charge is 0.243 e. The number of carbonyl (C=O) groups is 2. The summed E-state index contributed by atoms with van der Waals surface area (Å²) in [6.07, 6.45) is 6.13. The Balaban J connectivity index is 1.65. The molecule has 188 valence electrons. The molecule has 1 aliphatic rings. The van der Waals surface area contributed by atoms with Gasteiger partial charge in [0.2, 0.25) is 11.8 Å². The topological polar surface area (TPSA) is 49.4 Å². The number of amides is 2. The van der Waals surface area contributed by atoms with Gasteiger partial charge in [0.05, 0.1) is 6.42 Å². The number of rotatable bonds is 9. The molecule has 3 aromatic rings. The second-order valence-corrected chi connectivity index (χ2v) is 10.2. The van der Waals surface area contributed by atoms with Crippen LogP contribution in [0, 0.1) is 6.92 Å². The summed E-state index contributed by atoms with van der Waals surface area (Å²) in [5.41, 5.74) is 3.93. The molecule has 4 rings (SSSR count). The summed E-state index contributed by atoms with van der Waals surface area (Å²) in [5.74, 6) is -0.173. The van der Waals surface area contributed by atoms with Crippen molar-refractivity contribution in [1.29, 1.82) is 0 Å². The quantitative estimate of drug-likeness (QED) is 0.374. The van der Waals surface area contributed by atoms with Gasteiger partial charge in [0, 0.05) is 24.0 Å². The summed E-state index contributed by atoms with van der Waals surface area (Å²) in [6, 6.07) is 25.0. The van der Waals surface area contributed by atoms with Crippen molar-refractivity contribution in [3.05, 3.63) is 106 Å². The van der Waals surface area contributed by atoms with Crippen molar-refractivity contribution < 1.29 is 9.59 Å². The van der Waals surface area contributed by atoms with E-state index in [0.717, 1.165) is 47.9 Å². The van der Waals surface area contributed by atoms with E-state index in [1.165, 1.54) is 6.42 Å². The predicted molar refractivity (Wildman–Crippen MR) is 146 cm³/mol. The van der Waals surface area contributed by atoms with Crippen LogP contribution < -0.4 is 5.32 Å². The SMILES string of the molecule is Cc1ccc(CC(=O)N(Cc2ccccc2Cl)[C@@H](Cc2ccccc2)C(=O)NC2CCCCC2)cc1. The summed E-state index contributed by atoms with van der Waals surface area (Å²) in [5, 5.41) is 3.87. The average molecular weight is 503 g/mol. The molecule has 0 heterocycles. The van der Waals surface area contributed by atoms with Crippen LogP contribution >= 0.6 is 11.6 Å². The normalized spacial score (nSPS) is 14.7. The highest BCUT2D eigenvalue weighted by Crippen LogP contribution is 2.23. The highest BCUT2D eigenvalue weighted by atomic mass is 35.5. The van der Waals surface area contributed by atoms with Crippen LogP contribution in [0.3, 0.4) is 0 Å². The third kappa shape index (κ3) is 7.20. The molecule has 2 amide bonds. The number of halogens is 1. The second-order valence-electron chi connectivity index (χ2n) is 9.82. The Kier molecular flexibility index (Phi) is 9.18. The van der Waals surface area contributed by atoms with Crippen molar-refractivity contribution in [3.63, 3.8) is 0 Å². The Bertz CT molecular complexity index is 1140. The minimum Gasteiger partial charge on any atom is -0.352 e. The van der Waals surface area contributed by atoms with E-state index in [-0.39, 0.29) is 30.8 Å². The van der Waals surface area contributed by atoms with E-state index in [1.807, 2.05) is 85.8 Å². The van der Waals surface area contributed by atoms with Gasteiger partial charge in [0.1, 0.15) is 6.04 Å². The van der Waals surface area contributed by atoms with Gasteiger partial charge in [-0.25, -0.2) is 0 Å². The predicted octanol–water partition coefficient (Wildman–Crippen LogP) is 6.28. The van der Waals surface area contributed by atoms with Crippen LogP contribution in [0.1, 0.15) is 54.4 Å². The maximum absolute atomic E-state index is 13.8. The van der Waals surface area contributed by atoms with Gasteiger partial charge in [-0.1, -0.05) is 109 Å². The summed E-state index contributed by atoms with van der Waals surface area (Å²) < 4.78 is 0. The van der Waals surface area contributed by atoms with Crippen LogP contribution in [0.2, 0.25) is 5.02 Å². The van der Waals surface area contributed by atoms with Crippen LogP contribution in [0.5, 0.6) is 0 Å². The summed E-state index contributed by atoms with van der Waals surface area (Å²) >= 11 is 6.51. The molecule has 1 atom stereocenters. The number of nitrogens with one attached hydrogen (secondary N) is 1. The molecule has 0 bridgehead atoms. The van der Waals surface area contributed by atoms with Crippen LogP contribution in [0.25, 0.3) is 0 Å². The van der Waals surface area contributed by atoms with E-state index in [9.17, 15) is 9.59 Å². The van der Waals surface area contributed by atoms with Gasteiger partial charge in [-0.2, -0.15) is 0 Å². The number of carbonyl (C=O) groups excluding carboxylic acids is 2. The molecule has 0 saturated heterocycles. The van der Waals surface area contributed by atoms with Gasteiger partial charge in [-0.3, -0.25) is 9.59 Å². The van der Waals surface area contributed by atoms with Gasteiger partial charge in [-0.15, -0.1) is 0 Å². The molecule has 5 heteroatoms. The maximum atomic E-state index is 13.8. The molecular weight excluding hydrogens is 468 g/mol. The fraction of sp³-hybridized carbons (Fsp3) is 0.355. The van der Waals surface area contributed by atoms with Gasteiger partial charge >= 0.3 is 0 Å². The van der Waals surface area contributed by atoms with Gasteiger partial charge in [0.25, 0.3) is 0 Å². The average Bonchev–Trinajstić information content (AvgIpc) is 2.89. The van der Waals surface area contributed by atoms with Gasteiger partial charge in [-0.05, 0) is 42.5 Å². The van der Waals surface area contributed by atoms with Crippen LogP contribution in [-0.2, 0) is 29.0 Å². The Morgan fingerprint density at radius 2 is 1.56 bits per heavy atom. The molecule has 1 N–H and O–H groups in total. The first-order chi connectivity index (χ1) is 17.5. The molecule has 0 radical (unpaired) electrons. The lowest BCUT2D eigenvalue weighted by Crippen LogP contribution is -2.53. The number of nitrogens with zero attached hydrogens (tertiary/aromatic N) is 1. The van der Waals surface area contributed by atoms with E-state index >= 15 is 0 Å². The van der Waals surface area contributed by atoms with Crippen LogP contribution in [0.4, 0.5) is 0 Å². The van der Waals surface area contributed by atoms with Crippen LogP contribution in [-0.4, -0.2) is 28.8 Å². The molecule has 0 aromatic heterocycles. The molecule has 0 spiro atoms. The van der Waals surface area contributed by atoms with E-state index in [0.29, 0.717) is 11.4 Å². The molecule has 4 nitrogen and oxygen atoms in total. The Morgan fingerprint density at radius 1 is 0.889 bits per heavy atom. The standard InChI is InChI=1S/C31H35ClN2O2/c1-23-16-18-25(19-17-23)21-30(35)34(22-26-12-8-9-15-28(26)32)29(20-24-10-4-2-5-11-24)31(36)33-27-13-6-3-7-14-27/h2,4-5,8-12,15-19,27,29H,3,6-7,13-14,20-22H2,1H3,(H,33,36)/t29-/m0/s1. The number of aryl methyl sites for hydroxylation is 1. The lowest BCUT2D eigenvalue weighted by Gasteiger charge is -2.33. The Hall–Kier alpha value is -3.11. The first-order valence-electron chi connectivity index (χ1n) is 12.9. The lowest BCUT2D eigenvalue weighted by molar-refractivity contribution is -0.141. The van der Waals surface area contributed by atoms with Gasteiger partial charge in [0.15, 0.2) is 0 Å². The molecule has 1 fully saturated rings. The van der Waals surface area contributed by atoms with Crippen molar-refractivity contribution in [2.75, 3.05) is 0 Å². The monoisotopic (exact) mass is 502 g/mol. The summed E-state index contributed by atoms with van der Waals surface area (Å²) in [6.45, 7) is 2.31. The minimum absolute atomic E-state index is 0.0847. The zero-order chi connectivity index (χ0) is 25.3. The molecule has 0 unspecified atom stereocenters. The Labute approximate surface area is 219 Å². The van der Waals surface area contributed by atoms with Crippen molar-refractivity contribution in [2.24, 2.45) is 0 Å². The van der Waals surface area contributed by atoms with Crippen molar-refractivity contribution in [2.45, 2.75) is 70.5 Å². The second kappa shape index (κ2) is 12.7. The maximum Gasteiger partial charge on any atom is 0.243 e. The molecule has 3 aromatic carbocycles. The lowest BCUT2D eigenvalue weighted by atomic mass is 9.94. The number of hydrogen-bond acceptors (Lipinski definition) is 2. The van der Waals surface area contributed by atoms with Gasteiger partial charge < -0.3 is 10.2 Å². The van der Waals surface area contributed by atoms with Crippen LogP contribution in [0.15, 0.2) is 78.9 Å². The molecule has 1 aliphatic carbocycles. The zero-order valence-electron chi connectivity index (χ0n) is 21.0. The first-order valence-corrected chi connectivity index (χ1v) is 13.3. The number of hydrogen-bond donors (Lipinski definition) is 1. The minimum atomic E-state index is -0.636. The highest BCUT2D eigenvalue weighted by Gasteiger charge is 2.32. The summed E-state index contributed by atoms with van der Waals surface area (Å²) in [7, 11) is 0. The molecule has 36 heavy (non-hydrogen) atoms. The first kappa shape index (κ1) is 26.0. The van der Waals surface area contributed by atoms with E-state index in [1.54, 1.807) is 4.90 Å². The fourth-order valence-corrected chi connectivity index (χ4v) is 5.09. The van der Waals surface area contributed by atoms with E-state index in [2.05, 4.69) is 5.32 Å². The third-order valence-electron chi connectivity index (χ3n) is 7.00. The largest absolute Gasteiger partial charge is 0.352 e. The van der Waals surface area contributed by atoms with Crippen molar-refractivity contribution in [3.8, 4) is 0 Å². The number of benzene rings is 3. The van der Waals surface area contributed by atoms with E-state index < -0.39 is 6.04 Å².